The lowest BCUT2D eigenvalue weighted by molar-refractivity contribution is -0.140. The zero-order valence-corrected chi connectivity index (χ0v) is 10.7. The van der Waals surface area contributed by atoms with Crippen LogP contribution in [0, 0.1) is 11.0 Å². The predicted molar refractivity (Wildman–Crippen MR) is 63.3 cm³/mol. The molecule has 0 radical (unpaired) electrons. The van der Waals surface area contributed by atoms with Gasteiger partial charge in [-0.25, -0.2) is 8.42 Å². The van der Waals surface area contributed by atoms with Crippen LogP contribution in [0.1, 0.15) is 0 Å². The van der Waals surface area contributed by atoms with E-state index in [2.05, 4.69) is 0 Å². The van der Waals surface area contributed by atoms with Gasteiger partial charge < -0.3 is 5.11 Å². The summed E-state index contributed by atoms with van der Waals surface area (Å²) in [5.74, 6) is -1.94. The zero-order valence-electron chi connectivity index (χ0n) is 9.11. The van der Waals surface area contributed by atoms with Crippen LogP contribution in [-0.2, 0) is 14.8 Å². The molecule has 0 spiro atoms. The molecule has 1 aliphatic rings. The third-order valence-electron chi connectivity index (χ3n) is 2.54. The lowest BCUT2D eigenvalue weighted by Gasteiger charge is -2.25. The van der Waals surface area contributed by atoms with E-state index in [0.717, 1.165) is 10.4 Å². The Morgan fingerprint density at radius 2 is 2.22 bits per heavy atom. The van der Waals surface area contributed by atoms with Crippen LogP contribution in [0.15, 0.2) is 28.5 Å². The molecule has 0 bridgehead atoms. The zero-order chi connectivity index (χ0) is 13.3. The molecule has 1 aromatic rings. The maximum absolute atomic E-state index is 12.9. The summed E-state index contributed by atoms with van der Waals surface area (Å²) in [6.07, 6.45) is 2.95. The van der Waals surface area contributed by atoms with Gasteiger partial charge in [-0.15, -0.1) is 0 Å². The Labute approximate surface area is 107 Å². The third kappa shape index (κ3) is 2.45. The van der Waals surface area contributed by atoms with Crippen molar-refractivity contribution >= 4 is 27.3 Å². The lowest BCUT2D eigenvalue weighted by atomic mass is 10.1. The monoisotopic (exact) mass is 291 g/mol. The van der Waals surface area contributed by atoms with Crippen LogP contribution in [0.3, 0.4) is 0 Å². The standard InChI is InChI=1S/C10H10FNO4S2/c11-8-3-4-9(17-8)18(15,16)12-5-1-2-7(6-12)10(13)14/h1-4,7H,5-6H2,(H,13,14). The minimum absolute atomic E-state index is 0.103. The third-order valence-corrected chi connectivity index (χ3v) is 5.71. The van der Waals surface area contributed by atoms with Crippen LogP contribution >= 0.6 is 11.3 Å². The molecule has 18 heavy (non-hydrogen) atoms. The number of carboxylic acid groups (broad SMARTS) is 1. The van der Waals surface area contributed by atoms with Crippen molar-refractivity contribution in [1.29, 1.82) is 0 Å². The second kappa shape index (κ2) is 4.79. The highest BCUT2D eigenvalue weighted by Gasteiger charge is 2.31. The van der Waals surface area contributed by atoms with Gasteiger partial charge >= 0.3 is 5.97 Å². The number of aliphatic carboxylic acids is 1. The number of hydrogen-bond acceptors (Lipinski definition) is 4. The van der Waals surface area contributed by atoms with Crippen LogP contribution in [0.25, 0.3) is 0 Å². The minimum atomic E-state index is -3.81. The molecule has 1 aliphatic heterocycles. The summed E-state index contributed by atoms with van der Waals surface area (Å²) in [6.45, 7) is -0.0285. The fraction of sp³-hybridized carbons (Fsp3) is 0.300. The van der Waals surface area contributed by atoms with Crippen LogP contribution < -0.4 is 0 Å². The number of rotatable bonds is 3. The molecule has 1 N–H and O–H groups in total. The predicted octanol–water partition coefficient (Wildman–Crippen LogP) is 1.15. The van der Waals surface area contributed by atoms with Crippen molar-refractivity contribution in [3.8, 4) is 0 Å². The normalized spacial score (nSPS) is 21.1. The van der Waals surface area contributed by atoms with Crippen LogP contribution in [0.4, 0.5) is 4.39 Å². The van der Waals surface area contributed by atoms with Gasteiger partial charge in [0.2, 0.25) is 0 Å². The van der Waals surface area contributed by atoms with Crippen molar-refractivity contribution in [2.75, 3.05) is 13.1 Å². The van der Waals surface area contributed by atoms with Gasteiger partial charge in [-0.3, -0.25) is 4.79 Å². The molecule has 98 valence electrons. The number of sulfonamides is 1. The van der Waals surface area contributed by atoms with Gasteiger partial charge in [-0.2, -0.15) is 8.70 Å². The number of halogens is 1. The number of thiophene rings is 1. The van der Waals surface area contributed by atoms with Crippen molar-refractivity contribution in [3.05, 3.63) is 29.4 Å². The van der Waals surface area contributed by atoms with Crippen molar-refractivity contribution in [3.63, 3.8) is 0 Å². The summed E-state index contributed by atoms with van der Waals surface area (Å²) in [5, 5.41) is 8.28. The average Bonchev–Trinajstić information content (AvgIpc) is 2.77. The Morgan fingerprint density at radius 1 is 1.50 bits per heavy atom. The molecular formula is C10H10FNO4S2. The second-order valence-electron chi connectivity index (χ2n) is 3.75. The highest BCUT2D eigenvalue weighted by atomic mass is 32.2. The van der Waals surface area contributed by atoms with E-state index >= 15 is 0 Å². The van der Waals surface area contributed by atoms with Gasteiger partial charge in [-0.1, -0.05) is 23.5 Å². The Kier molecular flexibility index (Phi) is 3.51. The van der Waals surface area contributed by atoms with Gasteiger partial charge in [0.15, 0.2) is 5.13 Å². The van der Waals surface area contributed by atoms with E-state index < -0.39 is 27.0 Å². The average molecular weight is 291 g/mol. The smallest absolute Gasteiger partial charge is 0.311 e. The second-order valence-corrected chi connectivity index (χ2v) is 6.95. The van der Waals surface area contributed by atoms with Gasteiger partial charge in [0.05, 0.1) is 5.92 Å². The molecule has 0 amide bonds. The Hall–Kier alpha value is -1.25. The Balaban J connectivity index is 2.27. The van der Waals surface area contributed by atoms with E-state index in [0.29, 0.717) is 11.3 Å². The van der Waals surface area contributed by atoms with E-state index in [1.807, 2.05) is 0 Å². The molecule has 0 aliphatic carbocycles. The lowest BCUT2D eigenvalue weighted by Crippen LogP contribution is -2.39. The van der Waals surface area contributed by atoms with E-state index in [1.165, 1.54) is 18.2 Å². The molecule has 0 aromatic carbocycles. The van der Waals surface area contributed by atoms with Crippen LogP contribution in [0.2, 0.25) is 0 Å². The first-order valence-electron chi connectivity index (χ1n) is 5.06. The summed E-state index contributed by atoms with van der Waals surface area (Å²) in [5.41, 5.74) is 0. The number of nitrogens with zero attached hydrogens (tertiary/aromatic N) is 1. The van der Waals surface area contributed by atoms with Gasteiger partial charge in [0.25, 0.3) is 10.0 Å². The highest BCUT2D eigenvalue weighted by Crippen LogP contribution is 2.25. The molecule has 1 atom stereocenters. The quantitative estimate of drug-likeness (QED) is 0.848. The molecule has 1 unspecified atom stereocenters. The Bertz CT molecular complexity index is 593. The summed E-state index contributed by atoms with van der Waals surface area (Å²) in [7, 11) is -3.81. The molecule has 5 nitrogen and oxygen atoms in total. The fourth-order valence-electron chi connectivity index (χ4n) is 1.62. The van der Waals surface area contributed by atoms with E-state index in [9.17, 15) is 17.6 Å². The molecule has 2 rings (SSSR count). The summed E-state index contributed by atoms with van der Waals surface area (Å²) in [4.78, 5) is 10.8. The summed E-state index contributed by atoms with van der Waals surface area (Å²) < 4.78 is 38.0. The topological polar surface area (TPSA) is 74.7 Å². The first-order valence-corrected chi connectivity index (χ1v) is 7.32. The van der Waals surface area contributed by atoms with Gasteiger partial charge in [0.1, 0.15) is 4.21 Å². The van der Waals surface area contributed by atoms with Crippen molar-refractivity contribution < 1.29 is 22.7 Å². The molecule has 0 fully saturated rings. The van der Waals surface area contributed by atoms with Crippen molar-refractivity contribution in [1.82, 2.24) is 4.31 Å². The first kappa shape index (κ1) is 13.2. The molecule has 1 aromatic heterocycles. The summed E-state index contributed by atoms with van der Waals surface area (Å²) in [6, 6.07) is 2.26. The Morgan fingerprint density at radius 3 is 2.78 bits per heavy atom. The van der Waals surface area contributed by atoms with Gasteiger partial charge in [0, 0.05) is 13.1 Å². The molecule has 0 saturated carbocycles. The van der Waals surface area contributed by atoms with E-state index in [4.69, 9.17) is 5.11 Å². The van der Waals surface area contributed by atoms with Crippen molar-refractivity contribution in [2.45, 2.75) is 4.21 Å². The van der Waals surface area contributed by atoms with Crippen LogP contribution in [0.5, 0.6) is 0 Å². The first-order chi connectivity index (χ1) is 8.41. The van der Waals surface area contributed by atoms with E-state index in [1.54, 1.807) is 0 Å². The van der Waals surface area contributed by atoms with Gasteiger partial charge in [-0.05, 0) is 12.1 Å². The fourth-order valence-corrected chi connectivity index (χ4v) is 4.19. The molecule has 2 heterocycles. The number of hydrogen-bond donors (Lipinski definition) is 1. The molecule has 8 heteroatoms. The number of carbonyl (C=O) groups is 1. The van der Waals surface area contributed by atoms with Crippen molar-refractivity contribution in [2.24, 2.45) is 5.92 Å². The molecule has 0 saturated heterocycles. The van der Waals surface area contributed by atoms with E-state index in [-0.39, 0.29) is 17.3 Å². The maximum atomic E-state index is 12.9. The summed E-state index contributed by atoms with van der Waals surface area (Å²) >= 11 is 0.530. The maximum Gasteiger partial charge on any atom is 0.311 e. The number of carboxylic acids is 1. The van der Waals surface area contributed by atoms with Crippen LogP contribution in [-0.4, -0.2) is 36.9 Å². The largest absolute Gasteiger partial charge is 0.481 e. The minimum Gasteiger partial charge on any atom is -0.481 e. The SMILES string of the molecule is O=C(O)C1C=CCN(S(=O)(=O)c2ccc(F)s2)C1. The molecular weight excluding hydrogens is 281 g/mol. The highest BCUT2D eigenvalue weighted by molar-refractivity contribution is 7.91.